The molecule has 548 valence electrons. The summed E-state index contributed by atoms with van der Waals surface area (Å²) in [5.41, 5.74) is -0.765. The Morgan fingerprint density at radius 3 is 0.800 bits per heavy atom. The molecule has 3 aliphatic heterocycles. The summed E-state index contributed by atoms with van der Waals surface area (Å²) in [7, 11) is 0. The van der Waals surface area contributed by atoms with Gasteiger partial charge in [-0.25, -0.2) is 0 Å². The van der Waals surface area contributed by atoms with Crippen LogP contribution in [0, 0.1) is 5.41 Å². The highest BCUT2D eigenvalue weighted by atomic mass is 16.7. The van der Waals surface area contributed by atoms with E-state index in [0.717, 1.165) is 0 Å². The Labute approximate surface area is 556 Å². The van der Waals surface area contributed by atoms with Crippen LogP contribution in [0.1, 0.15) is 145 Å². The van der Waals surface area contributed by atoms with Gasteiger partial charge in [-0.1, -0.05) is 6.92 Å². The van der Waals surface area contributed by atoms with Gasteiger partial charge in [-0.15, -0.1) is 0 Å². The van der Waals surface area contributed by atoms with Crippen molar-refractivity contribution in [2.45, 2.75) is 237 Å². The molecule has 0 aromatic carbocycles. The Hall–Kier alpha value is -5.37. The summed E-state index contributed by atoms with van der Waals surface area (Å²) in [6.07, 6.45) is -7.31. The lowest BCUT2D eigenvalue weighted by Gasteiger charge is -2.41. The number of unbranched alkanes of at least 4 members (excludes halogenated alkanes) is 3. The van der Waals surface area contributed by atoms with Gasteiger partial charge in [0, 0.05) is 124 Å². The first-order chi connectivity index (χ1) is 45.2. The highest BCUT2D eigenvalue weighted by Gasteiger charge is 2.46. The maximum Gasteiger partial charge on any atom is 0.222 e. The summed E-state index contributed by atoms with van der Waals surface area (Å²) in [4.78, 5) is 110. The maximum atomic E-state index is 12.7. The van der Waals surface area contributed by atoms with Gasteiger partial charge in [0.15, 0.2) is 18.9 Å². The van der Waals surface area contributed by atoms with Crippen LogP contribution in [0.5, 0.6) is 0 Å². The fourth-order valence-corrected chi connectivity index (χ4v) is 10.2. The maximum absolute atomic E-state index is 12.7. The molecular formula is C62H111N9O24. The SMILES string of the molecule is CC(=O)NC1C(OCCCCC(=O)NCCCNC(=O)CCOCC(C)(COCCC(=O)NCCCNC(=O)CCCCOC2OC(C)C(O)C(O)C2NC(C)=O)COCCC(=O)NCCCNC(=O)CCCCOC2OC(C)C(O)C(O)C2NC(C)=O)OC(C)C(O)C1O. The largest absolute Gasteiger partial charge is 0.388 e. The average molecular weight is 1370 g/mol. The van der Waals surface area contributed by atoms with E-state index in [1.54, 1.807) is 20.8 Å². The topological polar surface area (TPSA) is 466 Å². The molecule has 3 fully saturated rings. The summed E-state index contributed by atoms with van der Waals surface area (Å²) < 4.78 is 51.9. The molecule has 3 rings (SSSR count). The standard InChI is InChI=1S/C62H111N9O24/c1-38-53(81)56(84)50(69-41(4)72)59(93-38)90-29-11-8-17-44(75)63-23-14-26-66-47(78)20-32-87-35-62(7,36-88-33-21-48(79)67-27-15-24-64-45(76)18-9-12-30-91-60-51(70-42(5)73)57(85)54(82)39(2)94-60)37-89-34-22-49(80)68-28-16-25-65-46(77)19-10-13-31-92-61-52(71-43(6)74)58(86)55(83)40(3)95-61/h38-40,50-61,81-86H,8-37H2,1-7H3,(H,63,75)(H,64,76)(H,65,77)(H,66,78)(H,67,79)(H,68,80)(H,69,72)(H,70,73)(H,71,74). The Kier molecular flexibility index (Phi) is 41.3. The number of nitrogens with one attached hydrogen (secondary N) is 9. The first-order valence-electron chi connectivity index (χ1n) is 33.3. The molecule has 9 amide bonds. The molecule has 0 aromatic heterocycles. The molecule has 33 heteroatoms. The van der Waals surface area contributed by atoms with Crippen molar-refractivity contribution < 1.29 is 116 Å². The molecule has 15 unspecified atom stereocenters. The van der Waals surface area contributed by atoms with Gasteiger partial charge in [-0.05, 0) is 78.6 Å². The van der Waals surface area contributed by atoms with Crippen LogP contribution in [-0.4, -0.2) is 274 Å². The van der Waals surface area contributed by atoms with Crippen LogP contribution in [0.25, 0.3) is 0 Å². The monoisotopic (exact) mass is 1370 g/mol. The van der Waals surface area contributed by atoms with Crippen molar-refractivity contribution in [1.82, 2.24) is 47.9 Å². The Balaban J connectivity index is 1.32. The number of rotatable bonds is 48. The van der Waals surface area contributed by atoms with Gasteiger partial charge in [0.05, 0.1) is 58.0 Å². The van der Waals surface area contributed by atoms with Crippen molar-refractivity contribution >= 4 is 53.2 Å². The van der Waals surface area contributed by atoms with E-state index in [2.05, 4.69) is 47.9 Å². The number of hydrogen-bond donors (Lipinski definition) is 15. The van der Waals surface area contributed by atoms with Gasteiger partial charge in [-0.2, -0.15) is 0 Å². The van der Waals surface area contributed by atoms with Gasteiger partial charge in [-0.3, -0.25) is 43.2 Å². The van der Waals surface area contributed by atoms with Crippen LogP contribution >= 0.6 is 0 Å². The molecule has 0 saturated carbocycles. The molecule has 0 spiro atoms. The minimum absolute atomic E-state index is 0.0423. The average Bonchev–Trinajstić information content (AvgIpc) is 0.837. The Morgan fingerprint density at radius 1 is 0.337 bits per heavy atom. The van der Waals surface area contributed by atoms with E-state index in [1.807, 2.05) is 6.92 Å². The second-order valence-electron chi connectivity index (χ2n) is 24.6. The lowest BCUT2D eigenvalue weighted by Crippen LogP contribution is -2.63. The van der Waals surface area contributed by atoms with Gasteiger partial charge in [0.25, 0.3) is 0 Å². The molecule has 15 N–H and O–H groups in total. The van der Waals surface area contributed by atoms with E-state index < -0.39 is 115 Å². The third kappa shape index (κ3) is 34.6. The van der Waals surface area contributed by atoms with E-state index >= 15 is 0 Å². The van der Waals surface area contributed by atoms with Crippen molar-refractivity contribution in [1.29, 1.82) is 0 Å². The number of aliphatic hydroxyl groups excluding tert-OH is 6. The zero-order valence-electron chi connectivity index (χ0n) is 56.4. The fraction of sp³-hybridized carbons (Fsp3) is 0.855. The smallest absolute Gasteiger partial charge is 0.222 e. The summed E-state index contributed by atoms with van der Waals surface area (Å²) in [5.74, 6) is -2.58. The minimum atomic E-state index is -1.28. The van der Waals surface area contributed by atoms with Crippen molar-refractivity contribution in [2.75, 3.05) is 98.7 Å². The number of hydrogen-bond acceptors (Lipinski definition) is 24. The first kappa shape index (κ1) is 83.9. The molecular weight excluding hydrogens is 1250 g/mol. The predicted octanol–water partition coefficient (Wildman–Crippen LogP) is -3.45. The molecule has 0 aliphatic carbocycles. The first-order valence-corrected chi connectivity index (χ1v) is 33.3. The molecule has 0 radical (unpaired) electrons. The van der Waals surface area contributed by atoms with Gasteiger partial charge < -0.3 is 121 Å². The number of amides is 9. The van der Waals surface area contributed by atoms with Crippen LogP contribution in [-0.2, 0) is 85.8 Å². The molecule has 15 atom stereocenters. The summed E-state index contributed by atoms with van der Waals surface area (Å²) in [6.45, 7) is 13.4. The quantitative estimate of drug-likeness (QED) is 0.0264. The third-order valence-corrected chi connectivity index (χ3v) is 15.6. The molecule has 33 nitrogen and oxygen atoms in total. The highest BCUT2D eigenvalue weighted by Crippen LogP contribution is 2.26. The van der Waals surface area contributed by atoms with Crippen LogP contribution < -0.4 is 47.9 Å². The van der Waals surface area contributed by atoms with Crippen molar-refractivity contribution in [3.63, 3.8) is 0 Å². The number of aliphatic hydroxyl groups is 6. The highest BCUT2D eigenvalue weighted by molar-refractivity contribution is 5.78. The van der Waals surface area contributed by atoms with Crippen LogP contribution in [0.4, 0.5) is 0 Å². The number of carbonyl (C=O) groups is 9. The molecule has 3 aliphatic rings. The molecule has 0 aromatic rings. The summed E-state index contributed by atoms with van der Waals surface area (Å²) >= 11 is 0. The Bertz CT molecular complexity index is 2060. The second kappa shape index (κ2) is 46.8. The normalized spacial score (nSPS) is 26.4. The van der Waals surface area contributed by atoms with Crippen molar-refractivity contribution in [2.24, 2.45) is 5.41 Å². The molecule has 3 saturated heterocycles. The lowest BCUT2D eigenvalue weighted by atomic mass is 9.94. The molecule has 0 bridgehead atoms. The lowest BCUT2D eigenvalue weighted by molar-refractivity contribution is -0.260. The number of carbonyl (C=O) groups excluding carboxylic acids is 9. The van der Waals surface area contributed by atoms with Gasteiger partial charge in [0.1, 0.15) is 54.7 Å². The molecule has 95 heavy (non-hydrogen) atoms. The number of ether oxygens (including phenoxy) is 9. The van der Waals surface area contributed by atoms with Gasteiger partial charge in [0.2, 0.25) is 53.2 Å². The summed E-state index contributed by atoms with van der Waals surface area (Å²) in [6, 6.07) is -2.87. The van der Waals surface area contributed by atoms with Crippen LogP contribution in [0.2, 0.25) is 0 Å². The Morgan fingerprint density at radius 2 is 0.568 bits per heavy atom. The van der Waals surface area contributed by atoms with E-state index in [9.17, 15) is 73.8 Å². The van der Waals surface area contributed by atoms with Gasteiger partial charge >= 0.3 is 0 Å². The molecule has 3 heterocycles. The van der Waals surface area contributed by atoms with E-state index in [0.29, 0.717) is 97.1 Å². The predicted molar refractivity (Wildman–Crippen MR) is 338 cm³/mol. The third-order valence-electron chi connectivity index (χ3n) is 15.6. The fourth-order valence-electron chi connectivity index (χ4n) is 10.2. The van der Waals surface area contributed by atoms with Crippen LogP contribution in [0.15, 0.2) is 0 Å². The van der Waals surface area contributed by atoms with Crippen molar-refractivity contribution in [3.8, 4) is 0 Å². The zero-order valence-corrected chi connectivity index (χ0v) is 56.4. The van der Waals surface area contributed by atoms with E-state index in [1.165, 1.54) is 20.8 Å². The van der Waals surface area contributed by atoms with Crippen molar-refractivity contribution in [3.05, 3.63) is 0 Å². The van der Waals surface area contributed by atoms with E-state index in [-0.39, 0.29) is 133 Å². The second-order valence-corrected chi connectivity index (χ2v) is 24.6. The van der Waals surface area contributed by atoms with Crippen LogP contribution in [0.3, 0.4) is 0 Å². The van der Waals surface area contributed by atoms with E-state index in [4.69, 9.17) is 42.6 Å². The summed E-state index contributed by atoms with van der Waals surface area (Å²) in [5, 5.41) is 86.2. The minimum Gasteiger partial charge on any atom is -0.388 e. The zero-order chi connectivity index (χ0) is 70.3.